The standard InChI is InChI=1S/C11H12N4O3S2/c1-12-10-13-14-11(19-10)20-18-9(17)7-4-2-3-6-5-8(16)15(6)7/h4,6H,2-3,5H2,1H3,(H,12,13). The summed E-state index contributed by atoms with van der Waals surface area (Å²) >= 11 is 2.15. The van der Waals surface area contributed by atoms with Gasteiger partial charge in [0.1, 0.15) is 17.7 Å². The van der Waals surface area contributed by atoms with Gasteiger partial charge in [-0.05, 0) is 12.8 Å². The first-order valence-electron chi connectivity index (χ1n) is 6.11. The molecule has 1 amide bonds. The Balaban J connectivity index is 1.61. The fourth-order valence-corrected chi connectivity index (χ4v) is 3.41. The van der Waals surface area contributed by atoms with Crippen molar-refractivity contribution in [1.29, 1.82) is 0 Å². The number of anilines is 1. The number of allylic oxidation sites excluding steroid dienone is 1. The van der Waals surface area contributed by atoms with Crippen molar-refractivity contribution in [3.63, 3.8) is 0 Å². The topological polar surface area (TPSA) is 84.4 Å². The van der Waals surface area contributed by atoms with Gasteiger partial charge in [0.15, 0.2) is 0 Å². The monoisotopic (exact) mass is 312 g/mol. The molecule has 7 nitrogen and oxygen atoms in total. The number of rotatable bonds is 4. The second kappa shape index (κ2) is 5.41. The highest BCUT2D eigenvalue weighted by Crippen LogP contribution is 2.34. The Morgan fingerprint density at radius 2 is 2.45 bits per heavy atom. The highest BCUT2D eigenvalue weighted by Gasteiger charge is 2.42. The van der Waals surface area contributed by atoms with Gasteiger partial charge in [-0.25, -0.2) is 4.79 Å². The molecular formula is C11H12N4O3S2. The van der Waals surface area contributed by atoms with E-state index < -0.39 is 5.97 Å². The van der Waals surface area contributed by atoms with E-state index in [0.717, 1.165) is 24.9 Å². The molecule has 1 aromatic heterocycles. The van der Waals surface area contributed by atoms with E-state index >= 15 is 0 Å². The predicted octanol–water partition coefficient (Wildman–Crippen LogP) is 1.41. The summed E-state index contributed by atoms with van der Waals surface area (Å²) in [7, 11) is 1.74. The Kier molecular flexibility index (Phi) is 3.62. The van der Waals surface area contributed by atoms with Gasteiger partial charge in [-0.1, -0.05) is 17.4 Å². The Bertz CT molecular complexity index is 586. The molecule has 3 rings (SSSR count). The van der Waals surface area contributed by atoms with Crippen LogP contribution in [0.15, 0.2) is 16.1 Å². The summed E-state index contributed by atoms with van der Waals surface area (Å²) in [6.45, 7) is 0. The molecule has 0 aromatic carbocycles. The second-order valence-corrected chi connectivity index (χ2v) is 6.32. The zero-order valence-electron chi connectivity index (χ0n) is 10.7. The van der Waals surface area contributed by atoms with Crippen LogP contribution in [0.5, 0.6) is 0 Å². The molecule has 0 saturated carbocycles. The molecule has 0 bridgehead atoms. The third-order valence-electron chi connectivity index (χ3n) is 3.16. The minimum Gasteiger partial charge on any atom is -0.379 e. The highest BCUT2D eigenvalue weighted by atomic mass is 32.2. The van der Waals surface area contributed by atoms with Crippen molar-refractivity contribution in [2.45, 2.75) is 29.6 Å². The van der Waals surface area contributed by atoms with Gasteiger partial charge < -0.3 is 14.4 Å². The van der Waals surface area contributed by atoms with Crippen molar-refractivity contribution in [2.75, 3.05) is 12.4 Å². The molecule has 0 aliphatic carbocycles. The summed E-state index contributed by atoms with van der Waals surface area (Å²) < 4.78 is 5.66. The second-order valence-electron chi connectivity index (χ2n) is 4.37. The first kappa shape index (κ1) is 13.4. The predicted molar refractivity (Wildman–Crippen MR) is 74.0 cm³/mol. The van der Waals surface area contributed by atoms with Gasteiger partial charge in [0.25, 0.3) is 0 Å². The van der Waals surface area contributed by atoms with E-state index in [1.807, 2.05) is 0 Å². The number of nitrogens with one attached hydrogen (secondary N) is 1. The molecule has 1 saturated heterocycles. The molecule has 3 heterocycles. The maximum atomic E-state index is 12.0. The summed E-state index contributed by atoms with van der Waals surface area (Å²) in [4.78, 5) is 25.1. The Morgan fingerprint density at radius 3 is 3.15 bits per heavy atom. The maximum absolute atomic E-state index is 12.0. The normalized spacial score (nSPS) is 20.9. The maximum Gasteiger partial charge on any atom is 0.367 e. The van der Waals surface area contributed by atoms with Crippen molar-refractivity contribution in [3.05, 3.63) is 11.8 Å². The molecule has 20 heavy (non-hydrogen) atoms. The molecule has 2 aliphatic heterocycles. The van der Waals surface area contributed by atoms with Crippen molar-refractivity contribution in [2.24, 2.45) is 0 Å². The molecule has 2 aliphatic rings. The smallest absolute Gasteiger partial charge is 0.367 e. The summed E-state index contributed by atoms with van der Waals surface area (Å²) in [6.07, 6.45) is 4.00. The summed E-state index contributed by atoms with van der Waals surface area (Å²) in [5, 5.41) is 11.2. The molecule has 0 spiro atoms. The van der Waals surface area contributed by atoms with Crippen LogP contribution in [-0.2, 0) is 13.8 Å². The van der Waals surface area contributed by atoms with Gasteiger partial charge in [-0.2, -0.15) is 0 Å². The number of hydrogen-bond donors (Lipinski definition) is 1. The van der Waals surface area contributed by atoms with Gasteiger partial charge in [-0.3, -0.25) is 4.79 Å². The Morgan fingerprint density at radius 1 is 1.60 bits per heavy atom. The van der Waals surface area contributed by atoms with E-state index in [4.69, 9.17) is 4.18 Å². The number of nitrogens with zero attached hydrogens (tertiary/aromatic N) is 3. The van der Waals surface area contributed by atoms with Crippen LogP contribution >= 0.6 is 23.4 Å². The van der Waals surface area contributed by atoms with Crippen LogP contribution in [0.1, 0.15) is 19.3 Å². The minimum absolute atomic E-state index is 0.0173. The fraction of sp³-hybridized carbons (Fsp3) is 0.455. The zero-order chi connectivity index (χ0) is 14.1. The van der Waals surface area contributed by atoms with Crippen LogP contribution in [0.3, 0.4) is 0 Å². The number of carbonyl (C=O) groups is 2. The number of fused-ring (bicyclic) bond motifs is 1. The molecule has 1 aromatic rings. The number of carbonyl (C=O) groups excluding carboxylic acids is 2. The van der Waals surface area contributed by atoms with Gasteiger partial charge in [0.05, 0.1) is 0 Å². The van der Waals surface area contributed by atoms with Crippen LogP contribution in [0.25, 0.3) is 0 Å². The van der Waals surface area contributed by atoms with E-state index in [9.17, 15) is 9.59 Å². The largest absolute Gasteiger partial charge is 0.379 e. The van der Waals surface area contributed by atoms with Crippen molar-refractivity contribution in [3.8, 4) is 0 Å². The SMILES string of the molecule is CNc1nnc(SOC(=O)C2=CCCC3CC(=O)N23)s1. The van der Waals surface area contributed by atoms with Crippen molar-refractivity contribution in [1.82, 2.24) is 15.1 Å². The van der Waals surface area contributed by atoms with Gasteiger partial charge in [0.2, 0.25) is 15.4 Å². The highest BCUT2D eigenvalue weighted by molar-refractivity contribution is 7.97. The molecule has 9 heteroatoms. The van der Waals surface area contributed by atoms with Gasteiger partial charge in [0, 0.05) is 19.5 Å². The lowest BCUT2D eigenvalue weighted by Gasteiger charge is -2.43. The van der Waals surface area contributed by atoms with Crippen LogP contribution < -0.4 is 5.32 Å². The molecule has 1 N–H and O–H groups in total. The molecule has 1 atom stereocenters. The van der Waals surface area contributed by atoms with Crippen LogP contribution in [0.2, 0.25) is 0 Å². The van der Waals surface area contributed by atoms with Crippen LogP contribution in [0.4, 0.5) is 5.13 Å². The zero-order valence-corrected chi connectivity index (χ0v) is 12.3. The average Bonchev–Trinajstić information content (AvgIpc) is 2.91. The molecule has 1 unspecified atom stereocenters. The molecule has 106 valence electrons. The van der Waals surface area contributed by atoms with E-state index in [1.165, 1.54) is 16.2 Å². The van der Waals surface area contributed by atoms with Crippen LogP contribution in [0, 0.1) is 0 Å². The quantitative estimate of drug-likeness (QED) is 0.664. The first-order valence-corrected chi connectivity index (χ1v) is 7.67. The lowest BCUT2D eigenvalue weighted by atomic mass is 9.92. The average molecular weight is 312 g/mol. The molecular weight excluding hydrogens is 300 g/mol. The van der Waals surface area contributed by atoms with Gasteiger partial charge in [-0.15, -0.1) is 10.2 Å². The fourth-order valence-electron chi connectivity index (χ4n) is 2.20. The van der Waals surface area contributed by atoms with E-state index in [1.54, 1.807) is 13.1 Å². The third kappa shape index (κ3) is 2.38. The number of β-lactam (4-membered cyclic amide) rings is 1. The third-order valence-corrected chi connectivity index (χ3v) is 4.81. The number of amides is 1. The molecule has 1 fully saturated rings. The van der Waals surface area contributed by atoms with E-state index in [-0.39, 0.29) is 11.9 Å². The Hall–Kier alpha value is -1.61. The molecule has 0 radical (unpaired) electrons. The van der Waals surface area contributed by atoms with Crippen molar-refractivity contribution < 1.29 is 13.8 Å². The first-order chi connectivity index (χ1) is 9.69. The number of hydrogen-bond acceptors (Lipinski definition) is 8. The summed E-state index contributed by atoms with van der Waals surface area (Å²) in [5.74, 6) is -0.523. The number of aromatic nitrogens is 2. The summed E-state index contributed by atoms with van der Waals surface area (Å²) in [5.41, 5.74) is 0.350. The minimum atomic E-state index is -0.506. The van der Waals surface area contributed by atoms with Crippen LogP contribution in [-0.4, -0.2) is 40.1 Å². The van der Waals surface area contributed by atoms with Crippen molar-refractivity contribution >= 4 is 40.4 Å². The van der Waals surface area contributed by atoms with Gasteiger partial charge >= 0.3 is 5.97 Å². The van der Waals surface area contributed by atoms with E-state index in [0.29, 0.717) is 21.6 Å². The lowest BCUT2D eigenvalue weighted by molar-refractivity contribution is -0.148. The summed E-state index contributed by atoms with van der Waals surface area (Å²) in [6, 6.07) is 0.164. The van der Waals surface area contributed by atoms with E-state index in [2.05, 4.69) is 15.5 Å². The Labute approximate surface area is 123 Å². The lowest BCUT2D eigenvalue weighted by Crippen LogP contribution is -2.54.